The van der Waals surface area contributed by atoms with Crippen LogP contribution in [-0.2, 0) is 18.6 Å². The summed E-state index contributed by atoms with van der Waals surface area (Å²) >= 11 is 0. The highest BCUT2D eigenvalue weighted by Crippen LogP contribution is 2.18. The Hall–Kier alpha value is -0.510. The van der Waals surface area contributed by atoms with Crippen molar-refractivity contribution in [3.63, 3.8) is 0 Å². The summed E-state index contributed by atoms with van der Waals surface area (Å²) < 4.78 is 21.0. The maximum Gasteiger partial charge on any atom is 0.613 e. The monoisotopic (exact) mass is 236 g/mol. The Morgan fingerprint density at radius 3 is 2.67 bits per heavy atom. The summed E-state index contributed by atoms with van der Waals surface area (Å²) in [5, 5.41) is 2.54. The van der Waals surface area contributed by atoms with Crippen LogP contribution in [0, 0.1) is 0 Å². The second kappa shape index (κ2) is 8.77. The molecule has 0 heterocycles. The number of nitrogens with one attached hydrogen (secondary N) is 1. The molecule has 0 saturated carbocycles. The molecule has 0 radical (unpaired) electrons. The van der Waals surface area contributed by atoms with E-state index in [0.29, 0.717) is 13.2 Å². The third kappa shape index (κ3) is 7.42. The first kappa shape index (κ1) is 14.5. The van der Waals surface area contributed by atoms with Crippen molar-refractivity contribution in [2.75, 3.05) is 13.2 Å². The summed E-state index contributed by atoms with van der Waals surface area (Å²) in [6.45, 7) is 6.09. The lowest BCUT2D eigenvalue weighted by molar-refractivity contribution is -0.144. The molecule has 0 aromatic heterocycles. The first-order valence-corrected chi connectivity index (χ1v) is 6.32. The lowest BCUT2D eigenvalue weighted by atomic mass is 10.4. The molecule has 0 aromatic carbocycles. The van der Waals surface area contributed by atoms with Crippen molar-refractivity contribution in [1.82, 2.24) is 5.09 Å². The minimum Gasteiger partial charge on any atom is -0.465 e. The number of unbranched alkanes of at least 4 members (excludes halogenated alkanes) is 1. The normalized spacial score (nSPS) is 13.4. The van der Waals surface area contributed by atoms with Gasteiger partial charge in [-0.3, -0.25) is 4.79 Å². The van der Waals surface area contributed by atoms with Crippen LogP contribution in [-0.4, -0.2) is 25.2 Å². The van der Waals surface area contributed by atoms with E-state index in [9.17, 15) is 9.36 Å². The summed E-state index contributed by atoms with van der Waals surface area (Å²) in [4.78, 5) is 11.1. The summed E-state index contributed by atoms with van der Waals surface area (Å²) in [6, 6.07) is -0.602. The van der Waals surface area contributed by atoms with E-state index >= 15 is 0 Å². The molecule has 2 atom stereocenters. The summed E-state index contributed by atoms with van der Waals surface area (Å²) in [6.07, 6.45) is 1.84. The molecule has 0 spiro atoms. The Labute approximate surface area is 91.4 Å². The van der Waals surface area contributed by atoms with Gasteiger partial charge in [-0.15, -0.1) is 4.52 Å². The van der Waals surface area contributed by atoms with Crippen LogP contribution in [0.5, 0.6) is 0 Å². The number of ether oxygens (including phenoxy) is 1. The zero-order chi connectivity index (χ0) is 11.7. The number of hydrogen-bond donors (Lipinski definition) is 1. The molecule has 15 heavy (non-hydrogen) atoms. The fraction of sp³-hybridized carbons (Fsp3) is 0.889. The van der Waals surface area contributed by atoms with Crippen molar-refractivity contribution in [3.8, 4) is 0 Å². The van der Waals surface area contributed by atoms with Gasteiger partial charge in [0.2, 0.25) is 0 Å². The topological polar surface area (TPSA) is 64.6 Å². The van der Waals surface area contributed by atoms with Crippen LogP contribution in [0.3, 0.4) is 0 Å². The van der Waals surface area contributed by atoms with Gasteiger partial charge in [0, 0.05) is 0 Å². The van der Waals surface area contributed by atoms with Crippen molar-refractivity contribution < 1.29 is 18.6 Å². The van der Waals surface area contributed by atoms with Crippen LogP contribution in [0.15, 0.2) is 0 Å². The highest BCUT2D eigenvalue weighted by molar-refractivity contribution is 7.36. The summed E-state index contributed by atoms with van der Waals surface area (Å²) in [5.74, 6) is -0.417. The molecule has 0 rings (SSSR count). The van der Waals surface area contributed by atoms with E-state index in [1.807, 2.05) is 6.92 Å². The van der Waals surface area contributed by atoms with Crippen LogP contribution in [0.2, 0.25) is 0 Å². The molecule has 0 fully saturated rings. The summed E-state index contributed by atoms with van der Waals surface area (Å²) in [7, 11) is -1.98. The minimum absolute atomic E-state index is 0.318. The van der Waals surface area contributed by atoms with Crippen LogP contribution < -0.4 is 5.09 Å². The van der Waals surface area contributed by atoms with Crippen molar-refractivity contribution in [2.45, 2.75) is 39.7 Å². The van der Waals surface area contributed by atoms with E-state index < -0.39 is 20.2 Å². The third-order valence-electron chi connectivity index (χ3n) is 1.65. The largest absolute Gasteiger partial charge is 0.613 e. The smallest absolute Gasteiger partial charge is 0.465 e. The molecule has 0 aliphatic heterocycles. The summed E-state index contributed by atoms with van der Waals surface area (Å²) in [5.41, 5.74) is 0. The number of carbonyl (C=O) groups excluding carboxylic acids is 1. The molecule has 88 valence electrons. The predicted molar refractivity (Wildman–Crippen MR) is 57.7 cm³/mol. The van der Waals surface area contributed by atoms with E-state index in [4.69, 9.17) is 9.26 Å². The zero-order valence-corrected chi connectivity index (χ0v) is 10.4. The number of rotatable bonds is 8. The minimum atomic E-state index is -1.98. The average Bonchev–Trinajstić information content (AvgIpc) is 2.18. The maximum absolute atomic E-state index is 11.2. The molecule has 0 aliphatic carbocycles. The lowest BCUT2D eigenvalue weighted by Gasteiger charge is -2.04. The van der Waals surface area contributed by atoms with Crippen molar-refractivity contribution in [2.24, 2.45) is 0 Å². The van der Waals surface area contributed by atoms with E-state index in [2.05, 4.69) is 5.09 Å². The Morgan fingerprint density at radius 1 is 1.47 bits per heavy atom. The molecule has 0 amide bonds. The second-order valence-corrected chi connectivity index (χ2v) is 4.08. The Kier molecular flexibility index (Phi) is 8.47. The number of carbonyl (C=O) groups is 1. The molecular weight excluding hydrogens is 217 g/mol. The van der Waals surface area contributed by atoms with Gasteiger partial charge in [-0.1, -0.05) is 18.4 Å². The molecule has 5 nitrogen and oxygen atoms in total. The van der Waals surface area contributed by atoms with E-state index in [0.717, 1.165) is 12.8 Å². The molecule has 6 heteroatoms. The second-order valence-electron chi connectivity index (χ2n) is 3.05. The highest BCUT2D eigenvalue weighted by Gasteiger charge is 2.26. The average molecular weight is 236 g/mol. The third-order valence-corrected chi connectivity index (χ3v) is 2.66. The number of hydrogen-bond acceptors (Lipinski definition) is 4. The fourth-order valence-corrected chi connectivity index (χ4v) is 1.60. The van der Waals surface area contributed by atoms with Gasteiger partial charge in [0.05, 0.1) is 6.61 Å². The Morgan fingerprint density at radius 2 is 2.13 bits per heavy atom. The van der Waals surface area contributed by atoms with Gasteiger partial charge in [-0.2, -0.15) is 0 Å². The predicted octanol–water partition coefficient (Wildman–Crippen LogP) is 2.00. The molecule has 0 aliphatic rings. The van der Waals surface area contributed by atoms with Gasteiger partial charge < -0.3 is 4.74 Å². The van der Waals surface area contributed by atoms with Gasteiger partial charge in [0.25, 0.3) is 0 Å². The van der Waals surface area contributed by atoms with Crippen molar-refractivity contribution >= 4 is 14.1 Å². The van der Waals surface area contributed by atoms with Gasteiger partial charge in [0.15, 0.2) is 0 Å². The first-order valence-electron chi connectivity index (χ1n) is 5.14. The Balaban J connectivity index is 3.70. The quantitative estimate of drug-likeness (QED) is 0.396. The van der Waals surface area contributed by atoms with Crippen molar-refractivity contribution in [1.29, 1.82) is 0 Å². The van der Waals surface area contributed by atoms with E-state index in [1.165, 1.54) is 0 Å². The lowest BCUT2D eigenvalue weighted by Crippen LogP contribution is -2.31. The molecular formula is C9H19NO4P+. The maximum atomic E-state index is 11.2. The van der Waals surface area contributed by atoms with Crippen LogP contribution >= 0.6 is 8.18 Å². The van der Waals surface area contributed by atoms with Gasteiger partial charge in [0.1, 0.15) is 12.6 Å². The SMILES string of the molecule is CCCCO[P+](=O)NC(C)C(=O)OCC. The first-order chi connectivity index (χ1) is 7.11. The van der Waals surface area contributed by atoms with E-state index in [1.54, 1.807) is 13.8 Å². The number of esters is 1. The molecule has 0 bridgehead atoms. The van der Waals surface area contributed by atoms with Crippen LogP contribution in [0.1, 0.15) is 33.6 Å². The van der Waals surface area contributed by atoms with Crippen LogP contribution in [0.4, 0.5) is 0 Å². The van der Waals surface area contributed by atoms with Gasteiger partial charge in [-0.05, 0) is 24.8 Å². The zero-order valence-electron chi connectivity index (χ0n) is 9.49. The van der Waals surface area contributed by atoms with Gasteiger partial charge in [-0.25, -0.2) is 0 Å². The molecule has 0 aromatic rings. The molecule has 2 unspecified atom stereocenters. The van der Waals surface area contributed by atoms with E-state index in [-0.39, 0.29) is 0 Å². The van der Waals surface area contributed by atoms with Gasteiger partial charge >= 0.3 is 14.1 Å². The standard InChI is InChI=1S/C9H19NO4P/c1-4-6-7-14-15(12)10-8(3)9(11)13-5-2/h8H,4-7H2,1-3H3,(H,10,12)/q+1. The molecule has 1 N–H and O–H groups in total. The highest BCUT2D eigenvalue weighted by atomic mass is 31.1. The Bertz CT molecular complexity index is 210. The van der Waals surface area contributed by atoms with Crippen LogP contribution in [0.25, 0.3) is 0 Å². The van der Waals surface area contributed by atoms with Crippen molar-refractivity contribution in [3.05, 3.63) is 0 Å². The fourth-order valence-electron chi connectivity index (χ4n) is 0.807. The molecule has 0 saturated heterocycles.